The normalized spacial score (nSPS) is 28.2. The molecule has 0 amide bonds. The number of nitrogens with zero attached hydrogens (tertiary/aromatic N) is 4. The summed E-state index contributed by atoms with van der Waals surface area (Å²) in [4.78, 5) is 0. The van der Waals surface area contributed by atoms with Gasteiger partial charge in [0.05, 0.1) is 0 Å². The van der Waals surface area contributed by atoms with Gasteiger partial charge in [-0.3, -0.25) is 0 Å². The number of hydrogen-bond donors (Lipinski definition) is 1. The third kappa shape index (κ3) is 1.26. The first-order valence-electron chi connectivity index (χ1n) is 4.24. The molecule has 1 aliphatic rings. The van der Waals surface area contributed by atoms with Gasteiger partial charge >= 0.3 is 0 Å². The summed E-state index contributed by atoms with van der Waals surface area (Å²) in [6.45, 7) is 2.26. The van der Waals surface area contributed by atoms with Crippen LogP contribution in [0.15, 0.2) is 0 Å². The van der Waals surface area contributed by atoms with Gasteiger partial charge in [-0.25, -0.2) is 4.68 Å². The van der Waals surface area contributed by atoms with E-state index in [9.17, 15) is 0 Å². The second-order valence-corrected chi connectivity index (χ2v) is 3.54. The number of anilines is 1. The first-order valence-corrected chi connectivity index (χ1v) is 4.24. The summed E-state index contributed by atoms with van der Waals surface area (Å²) in [5.74, 6) is 1.62. The summed E-state index contributed by atoms with van der Waals surface area (Å²) >= 11 is 0. The molecule has 0 radical (unpaired) electrons. The van der Waals surface area contributed by atoms with Gasteiger partial charge in [-0.15, -0.1) is 0 Å². The molecular formula is C7H13N5. The maximum absolute atomic E-state index is 3.85. The van der Waals surface area contributed by atoms with Crippen LogP contribution in [-0.4, -0.2) is 26.2 Å². The lowest BCUT2D eigenvalue weighted by Crippen LogP contribution is -2.34. The van der Waals surface area contributed by atoms with Gasteiger partial charge in [0.1, 0.15) is 0 Å². The second-order valence-electron chi connectivity index (χ2n) is 3.54. The Labute approximate surface area is 71.1 Å². The molecule has 0 spiro atoms. The minimum Gasteiger partial charge on any atom is -0.350 e. The molecule has 1 fully saturated rings. The average Bonchev–Trinajstić information content (AvgIpc) is 2.33. The summed E-state index contributed by atoms with van der Waals surface area (Å²) in [6, 6.07) is 0.574. The predicted octanol–water partition coefficient (Wildman–Crippen LogP) is 0.420. The van der Waals surface area contributed by atoms with Gasteiger partial charge in [0, 0.05) is 13.1 Å². The van der Waals surface area contributed by atoms with Crippen molar-refractivity contribution in [3.63, 3.8) is 0 Å². The Balaban J connectivity index is 1.92. The van der Waals surface area contributed by atoms with Crippen LogP contribution >= 0.6 is 0 Å². The minimum atomic E-state index is 0.574. The fourth-order valence-electron chi connectivity index (χ4n) is 1.55. The first-order chi connectivity index (χ1) is 5.75. The van der Waals surface area contributed by atoms with Gasteiger partial charge < -0.3 is 5.32 Å². The highest BCUT2D eigenvalue weighted by atomic mass is 15.6. The zero-order valence-electron chi connectivity index (χ0n) is 7.36. The molecular weight excluding hydrogens is 154 g/mol. The van der Waals surface area contributed by atoms with Crippen LogP contribution in [0.5, 0.6) is 0 Å². The summed E-state index contributed by atoms with van der Waals surface area (Å²) in [7, 11) is 1.84. The van der Waals surface area contributed by atoms with Gasteiger partial charge in [-0.05, 0) is 29.2 Å². The maximum Gasteiger partial charge on any atom is 0.242 e. The molecule has 0 bridgehead atoms. The highest BCUT2D eigenvalue weighted by molar-refractivity contribution is 5.24. The van der Waals surface area contributed by atoms with Crippen LogP contribution in [0.25, 0.3) is 0 Å². The standard InChI is InChI=1S/C7H13N5/c1-5-3-6(4-5)8-7-9-10-11-12(7)2/h5-6H,3-4H2,1-2H3,(H,8,9,11). The number of aryl methyl sites for hydroxylation is 1. The number of rotatable bonds is 2. The van der Waals surface area contributed by atoms with Gasteiger partial charge in [-0.2, -0.15) is 0 Å². The van der Waals surface area contributed by atoms with E-state index in [1.54, 1.807) is 4.68 Å². The minimum absolute atomic E-state index is 0.574. The average molecular weight is 167 g/mol. The predicted molar refractivity (Wildman–Crippen MR) is 44.6 cm³/mol. The van der Waals surface area contributed by atoms with Gasteiger partial charge in [-0.1, -0.05) is 12.0 Å². The van der Waals surface area contributed by atoms with Gasteiger partial charge in [0.15, 0.2) is 0 Å². The molecule has 1 saturated carbocycles. The Morgan fingerprint density at radius 3 is 2.75 bits per heavy atom. The third-order valence-electron chi connectivity index (χ3n) is 2.33. The smallest absolute Gasteiger partial charge is 0.242 e. The van der Waals surface area contributed by atoms with Crippen LogP contribution in [0.2, 0.25) is 0 Å². The quantitative estimate of drug-likeness (QED) is 0.693. The fourth-order valence-corrected chi connectivity index (χ4v) is 1.55. The zero-order chi connectivity index (χ0) is 8.55. The van der Waals surface area contributed by atoms with Crippen molar-refractivity contribution in [1.29, 1.82) is 0 Å². The molecule has 0 saturated heterocycles. The van der Waals surface area contributed by atoms with Crippen LogP contribution in [-0.2, 0) is 7.05 Å². The molecule has 2 rings (SSSR count). The molecule has 0 aliphatic heterocycles. The number of nitrogens with one attached hydrogen (secondary N) is 1. The van der Waals surface area contributed by atoms with E-state index in [2.05, 4.69) is 27.8 Å². The molecule has 5 heteroatoms. The van der Waals surface area contributed by atoms with Crippen molar-refractivity contribution in [3.05, 3.63) is 0 Å². The molecule has 1 heterocycles. The Kier molecular flexibility index (Phi) is 1.71. The molecule has 0 aromatic carbocycles. The molecule has 12 heavy (non-hydrogen) atoms. The van der Waals surface area contributed by atoms with Crippen molar-refractivity contribution in [1.82, 2.24) is 20.2 Å². The lowest BCUT2D eigenvalue weighted by atomic mass is 9.82. The van der Waals surface area contributed by atoms with Crippen molar-refractivity contribution >= 4 is 5.95 Å². The lowest BCUT2D eigenvalue weighted by Gasteiger charge is -2.33. The molecule has 1 aliphatic carbocycles. The van der Waals surface area contributed by atoms with Crippen LogP contribution < -0.4 is 5.32 Å². The Hall–Kier alpha value is -1.13. The van der Waals surface area contributed by atoms with E-state index in [4.69, 9.17) is 0 Å². The second kappa shape index (κ2) is 2.73. The van der Waals surface area contributed by atoms with E-state index < -0.39 is 0 Å². The van der Waals surface area contributed by atoms with Crippen LogP contribution in [0, 0.1) is 5.92 Å². The molecule has 0 atom stereocenters. The SMILES string of the molecule is CC1CC(Nc2nnnn2C)C1. The van der Waals surface area contributed by atoms with E-state index in [1.807, 2.05) is 7.05 Å². The number of aromatic nitrogens is 4. The van der Waals surface area contributed by atoms with Crippen LogP contribution in [0.3, 0.4) is 0 Å². The van der Waals surface area contributed by atoms with E-state index >= 15 is 0 Å². The molecule has 1 aromatic rings. The van der Waals surface area contributed by atoms with E-state index in [0.29, 0.717) is 6.04 Å². The molecule has 0 unspecified atom stereocenters. The fraction of sp³-hybridized carbons (Fsp3) is 0.857. The highest BCUT2D eigenvalue weighted by Crippen LogP contribution is 2.28. The van der Waals surface area contributed by atoms with Crippen LogP contribution in [0.1, 0.15) is 19.8 Å². The molecule has 66 valence electrons. The Morgan fingerprint density at radius 2 is 2.25 bits per heavy atom. The Bertz CT molecular complexity index is 263. The summed E-state index contributed by atoms with van der Waals surface area (Å²) < 4.78 is 1.66. The monoisotopic (exact) mass is 167 g/mol. The van der Waals surface area contributed by atoms with Crippen molar-refractivity contribution in [2.24, 2.45) is 13.0 Å². The summed E-state index contributed by atoms with van der Waals surface area (Å²) in [5, 5.41) is 14.4. The van der Waals surface area contributed by atoms with Crippen molar-refractivity contribution in [2.75, 3.05) is 5.32 Å². The highest BCUT2D eigenvalue weighted by Gasteiger charge is 2.26. The number of tetrazole rings is 1. The first kappa shape index (κ1) is 7.52. The van der Waals surface area contributed by atoms with Gasteiger partial charge in [0.2, 0.25) is 5.95 Å². The Morgan fingerprint density at radius 1 is 1.50 bits per heavy atom. The molecule has 5 nitrogen and oxygen atoms in total. The number of hydrogen-bond acceptors (Lipinski definition) is 4. The summed E-state index contributed by atoms with van der Waals surface area (Å²) in [6.07, 6.45) is 2.46. The van der Waals surface area contributed by atoms with E-state index in [0.717, 1.165) is 11.9 Å². The topological polar surface area (TPSA) is 55.6 Å². The van der Waals surface area contributed by atoms with Crippen molar-refractivity contribution in [3.8, 4) is 0 Å². The van der Waals surface area contributed by atoms with E-state index in [-0.39, 0.29) is 0 Å². The van der Waals surface area contributed by atoms with E-state index in [1.165, 1.54) is 12.8 Å². The van der Waals surface area contributed by atoms with Crippen molar-refractivity contribution < 1.29 is 0 Å². The zero-order valence-corrected chi connectivity index (χ0v) is 7.36. The maximum atomic E-state index is 3.85. The third-order valence-corrected chi connectivity index (χ3v) is 2.33. The van der Waals surface area contributed by atoms with Crippen LogP contribution in [0.4, 0.5) is 5.95 Å². The van der Waals surface area contributed by atoms with Gasteiger partial charge in [0.25, 0.3) is 0 Å². The van der Waals surface area contributed by atoms with Crippen molar-refractivity contribution in [2.45, 2.75) is 25.8 Å². The molecule has 1 aromatic heterocycles. The molecule has 1 N–H and O–H groups in total. The largest absolute Gasteiger partial charge is 0.350 e. The summed E-state index contributed by atoms with van der Waals surface area (Å²) in [5.41, 5.74) is 0. The lowest BCUT2D eigenvalue weighted by molar-refractivity contribution is 0.307.